The van der Waals surface area contributed by atoms with Crippen LogP contribution < -0.4 is 15.8 Å². The summed E-state index contributed by atoms with van der Waals surface area (Å²) in [6.45, 7) is -1.60. The molecule has 7 heteroatoms. The molecule has 1 aliphatic rings. The lowest BCUT2D eigenvalue weighted by molar-refractivity contribution is -0.119. The second kappa shape index (κ2) is 5.76. The molecular weight excluding hydrogens is 290 g/mol. The number of alkyl halides is 2. The smallest absolute Gasteiger partial charge is 0.277 e. The number of halogens is 3. The van der Waals surface area contributed by atoms with E-state index in [0.717, 1.165) is 0 Å². The molecule has 0 aromatic heterocycles. The highest BCUT2D eigenvalue weighted by Crippen LogP contribution is 2.28. The Morgan fingerprint density at radius 2 is 2.25 bits per heavy atom. The predicted octanol–water partition coefficient (Wildman–Crippen LogP) is 1.83. The van der Waals surface area contributed by atoms with Gasteiger partial charge in [0.05, 0.1) is 18.7 Å². The SMILES string of the molecule is NCC(F)(F)CNC(=O)C1=Cc2cc(Cl)ccc2OC1. The first-order valence-corrected chi connectivity index (χ1v) is 6.28. The number of nitrogens with two attached hydrogens (primary N) is 1. The Labute approximate surface area is 119 Å². The Morgan fingerprint density at radius 3 is 2.95 bits per heavy atom. The summed E-state index contributed by atoms with van der Waals surface area (Å²) in [6, 6.07) is 4.99. The lowest BCUT2D eigenvalue weighted by atomic mass is 10.1. The summed E-state index contributed by atoms with van der Waals surface area (Å²) in [7, 11) is 0. The van der Waals surface area contributed by atoms with Crippen LogP contribution in [0.1, 0.15) is 5.56 Å². The minimum Gasteiger partial charge on any atom is -0.488 e. The summed E-state index contributed by atoms with van der Waals surface area (Å²) in [5.74, 6) is -3.13. The van der Waals surface area contributed by atoms with Crippen LogP contribution in [0.3, 0.4) is 0 Å². The Hall–Kier alpha value is -1.66. The number of hydrogen-bond acceptors (Lipinski definition) is 3. The Balaban J connectivity index is 2.08. The lowest BCUT2D eigenvalue weighted by Gasteiger charge is -2.19. The molecule has 2 rings (SSSR count). The summed E-state index contributed by atoms with van der Waals surface area (Å²) in [5, 5.41) is 2.64. The standard InChI is InChI=1S/C13H13ClF2N2O2/c14-10-1-2-11-8(4-10)3-9(5-20-11)12(19)18-7-13(15,16)6-17/h1-4H,5-7,17H2,(H,18,19). The van der Waals surface area contributed by atoms with Crippen molar-refractivity contribution in [2.24, 2.45) is 5.73 Å². The van der Waals surface area contributed by atoms with Crippen molar-refractivity contribution < 1.29 is 18.3 Å². The molecule has 108 valence electrons. The zero-order valence-electron chi connectivity index (χ0n) is 10.5. The minimum absolute atomic E-state index is 0.0225. The van der Waals surface area contributed by atoms with E-state index >= 15 is 0 Å². The van der Waals surface area contributed by atoms with Gasteiger partial charge in [0.25, 0.3) is 11.8 Å². The topological polar surface area (TPSA) is 64.3 Å². The van der Waals surface area contributed by atoms with Crippen LogP contribution in [-0.4, -0.2) is 31.5 Å². The molecule has 1 heterocycles. The highest BCUT2D eigenvalue weighted by molar-refractivity contribution is 6.30. The fraction of sp³-hybridized carbons (Fsp3) is 0.308. The maximum Gasteiger partial charge on any atom is 0.277 e. The highest BCUT2D eigenvalue weighted by Gasteiger charge is 2.28. The van der Waals surface area contributed by atoms with Crippen molar-refractivity contribution in [3.05, 3.63) is 34.4 Å². The van der Waals surface area contributed by atoms with Gasteiger partial charge < -0.3 is 15.8 Å². The molecule has 0 aliphatic carbocycles. The second-order valence-electron chi connectivity index (χ2n) is 4.38. The van der Waals surface area contributed by atoms with Crippen LogP contribution in [0, 0.1) is 0 Å². The molecule has 0 bridgehead atoms. The summed E-state index contributed by atoms with van der Waals surface area (Å²) < 4.78 is 31.3. The van der Waals surface area contributed by atoms with E-state index in [0.29, 0.717) is 16.3 Å². The predicted molar refractivity (Wildman–Crippen MR) is 71.9 cm³/mol. The number of nitrogens with one attached hydrogen (secondary N) is 1. The molecule has 0 spiro atoms. The maximum atomic E-state index is 13.0. The number of benzene rings is 1. The van der Waals surface area contributed by atoms with Gasteiger partial charge in [-0.1, -0.05) is 11.6 Å². The summed E-state index contributed by atoms with van der Waals surface area (Å²) in [4.78, 5) is 11.8. The van der Waals surface area contributed by atoms with E-state index in [2.05, 4.69) is 5.32 Å². The summed E-state index contributed by atoms with van der Waals surface area (Å²) in [6.07, 6.45) is 1.57. The Kier molecular flexibility index (Phi) is 4.25. The minimum atomic E-state index is -3.12. The molecule has 0 fully saturated rings. The van der Waals surface area contributed by atoms with Crippen LogP contribution in [0.4, 0.5) is 8.78 Å². The summed E-state index contributed by atoms with van der Waals surface area (Å²) >= 11 is 5.85. The van der Waals surface area contributed by atoms with Crippen molar-refractivity contribution >= 4 is 23.6 Å². The van der Waals surface area contributed by atoms with Gasteiger partial charge in [0.15, 0.2) is 0 Å². The molecule has 1 aromatic rings. The zero-order chi connectivity index (χ0) is 14.8. The number of fused-ring (bicyclic) bond motifs is 1. The van der Waals surface area contributed by atoms with Gasteiger partial charge in [-0.15, -0.1) is 0 Å². The molecule has 1 amide bonds. The van der Waals surface area contributed by atoms with E-state index in [-0.39, 0.29) is 12.2 Å². The molecule has 20 heavy (non-hydrogen) atoms. The monoisotopic (exact) mass is 302 g/mol. The third-order valence-electron chi connectivity index (χ3n) is 2.78. The first kappa shape index (κ1) is 14.7. The number of rotatable bonds is 4. The van der Waals surface area contributed by atoms with E-state index in [1.165, 1.54) is 0 Å². The van der Waals surface area contributed by atoms with Crippen LogP contribution in [0.15, 0.2) is 23.8 Å². The Bertz CT molecular complexity index is 561. The zero-order valence-corrected chi connectivity index (χ0v) is 11.2. The van der Waals surface area contributed by atoms with Gasteiger partial charge in [-0.2, -0.15) is 0 Å². The Morgan fingerprint density at radius 1 is 1.50 bits per heavy atom. The number of hydrogen-bond donors (Lipinski definition) is 2. The van der Waals surface area contributed by atoms with Gasteiger partial charge in [-0.05, 0) is 24.3 Å². The van der Waals surface area contributed by atoms with Crippen LogP contribution in [0.2, 0.25) is 5.02 Å². The average molecular weight is 303 g/mol. The van der Waals surface area contributed by atoms with Crippen molar-refractivity contribution in [3.8, 4) is 5.75 Å². The molecule has 0 saturated carbocycles. The average Bonchev–Trinajstić information content (AvgIpc) is 2.44. The van der Waals surface area contributed by atoms with Crippen LogP contribution in [-0.2, 0) is 4.79 Å². The van der Waals surface area contributed by atoms with Crippen molar-refractivity contribution in [1.29, 1.82) is 0 Å². The fourth-order valence-corrected chi connectivity index (χ4v) is 1.86. The molecule has 0 unspecified atom stereocenters. The van der Waals surface area contributed by atoms with Crippen molar-refractivity contribution in [1.82, 2.24) is 5.32 Å². The molecule has 1 aliphatic heterocycles. The number of ether oxygens (including phenoxy) is 1. The quantitative estimate of drug-likeness (QED) is 0.892. The normalized spacial score (nSPS) is 14.1. The number of carbonyl (C=O) groups excluding carboxylic acids is 1. The van der Waals surface area contributed by atoms with E-state index in [4.69, 9.17) is 22.1 Å². The maximum absolute atomic E-state index is 13.0. The highest BCUT2D eigenvalue weighted by atomic mass is 35.5. The van der Waals surface area contributed by atoms with Crippen molar-refractivity contribution in [2.45, 2.75) is 5.92 Å². The third kappa shape index (κ3) is 3.46. The fourth-order valence-electron chi connectivity index (χ4n) is 1.67. The largest absolute Gasteiger partial charge is 0.488 e. The lowest BCUT2D eigenvalue weighted by Crippen LogP contribution is -2.42. The molecule has 3 N–H and O–H groups in total. The van der Waals surface area contributed by atoms with Crippen molar-refractivity contribution in [2.75, 3.05) is 19.7 Å². The molecule has 4 nitrogen and oxygen atoms in total. The van der Waals surface area contributed by atoms with E-state index < -0.39 is 24.9 Å². The van der Waals surface area contributed by atoms with Crippen molar-refractivity contribution in [3.63, 3.8) is 0 Å². The third-order valence-corrected chi connectivity index (χ3v) is 3.02. The van der Waals surface area contributed by atoms with Gasteiger partial charge in [-0.3, -0.25) is 4.79 Å². The number of carbonyl (C=O) groups is 1. The van der Waals surface area contributed by atoms with Gasteiger partial charge >= 0.3 is 0 Å². The molecule has 1 aromatic carbocycles. The molecule has 0 radical (unpaired) electrons. The number of amides is 1. The first-order valence-electron chi connectivity index (χ1n) is 5.90. The van der Waals surface area contributed by atoms with E-state index in [1.54, 1.807) is 24.3 Å². The first-order chi connectivity index (χ1) is 9.41. The van der Waals surface area contributed by atoms with Crippen LogP contribution >= 0.6 is 11.6 Å². The van der Waals surface area contributed by atoms with Gasteiger partial charge in [0.2, 0.25) is 0 Å². The van der Waals surface area contributed by atoms with Crippen LogP contribution in [0.5, 0.6) is 5.75 Å². The van der Waals surface area contributed by atoms with E-state index in [9.17, 15) is 13.6 Å². The van der Waals surface area contributed by atoms with Gasteiger partial charge in [-0.25, -0.2) is 8.78 Å². The van der Waals surface area contributed by atoms with E-state index in [1.807, 2.05) is 0 Å². The van der Waals surface area contributed by atoms with Crippen LogP contribution in [0.25, 0.3) is 6.08 Å². The van der Waals surface area contributed by atoms with Gasteiger partial charge in [0, 0.05) is 10.6 Å². The molecular formula is C13H13ClF2N2O2. The summed E-state index contributed by atoms with van der Waals surface area (Å²) in [5.41, 5.74) is 5.79. The second-order valence-corrected chi connectivity index (χ2v) is 4.82. The van der Waals surface area contributed by atoms with Gasteiger partial charge in [0.1, 0.15) is 12.4 Å². The molecule has 0 saturated heterocycles. The molecule has 0 atom stereocenters.